The topological polar surface area (TPSA) is 66.4 Å². The number of hydrogen-bond acceptors (Lipinski definition) is 4. The molecule has 0 saturated carbocycles. The smallest absolute Gasteiger partial charge is 0.241 e. The monoisotopic (exact) mass is 311 g/mol. The van der Waals surface area contributed by atoms with E-state index < -0.39 is 10.0 Å². The summed E-state index contributed by atoms with van der Waals surface area (Å²) in [5.74, 6) is 0. The van der Waals surface area contributed by atoms with Gasteiger partial charge in [-0.05, 0) is 53.4 Å². The van der Waals surface area contributed by atoms with E-state index in [1.807, 2.05) is 23.8 Å². The van der Waals surface area contributed by atoms with Crippen molar-refractivity contribution in [3.8, 4) is 0 Å². The lowest BCUT2D eigenvalue weighted by Crippen LogP contribution is -2.27. The minimum Gasteiger partial charge on any atom is -0.392 e. The fourth-order valence-corrected chi connectivity index (χ4v) is 4.28. The molecule has 0 radical (unpaired) electrons. The van der Waals surface area contributed by atoms with Gasteiger partial charge in [0.1, 0.15) is 0 Å². The Bertz CT molecular complexity index is 678. The second-order valence-corrected chi connectivity index (χ2v) is 7.06. The van der Waals surface area contributed by atoms with Gasteiger partial charge in [0.15, 0.2) is 0 Å². The molecule has 20 heavy (non-hydrogen) atoms. The standard InChI is InChI=1S/C14H17NO3S2/c1-10-12(8-16)4-3-5-14(10)20(17,18)15-11(2)13-6-7-19-9-13/h3-7,9,11,15-16H,8H2,1-2H3. The Balaban J connectivity index is 2.31. The minimum atomic E-state index is -3.61. The first-order valence-electron chi connectivity index (χ1n) is 6.19. The van der Waals surface area contributed by atoms with Crippen molar-refractivity contribution in [3.05, 3.63) is 51.7 Å². The molecule has 0 amide bonds. The molecular weight excluding hydrogens is 294 g/mol. The van der Waals surface area contributed by atoms with Gasteiger partial charge in [-0.15, -0.1) is 0 Å². The van der Waals surface area contributed by atoms with Crippen LogP contribution in [0, 0.1) is 6.92 Å². The largest absolute Gasteiger partial charge is 0.392 e. The zero-order chi connectivity index (χ0) is 14.8. The molecule has 1 heterocycles. The highest BCUT2D eigenvalue weighted by molar-refractivity contribution is 7.89. The SMILES string of the molecule is Cc1c(CO)cccc1S(=O)(=O)NC(C)c1ccsc1. The lowest BCUT2D eigenvalue weighted by Gasteiger charge is -2.15. The van der Waals surface area contributed by atoms with E-state index in [1.54, 1.807) is 25.1 Å². The zero-order valence-corrected chi connectivity index (χ0v) is 13.0. The van der Waals surface area contributed by atoms with Gasteiger partial charge in [0.25, 0.3) is 0 Å². The predicted molar refractivity (Wildman–Crippen MR) is 80.2 cm³/mol. The van der Waals surface area contributed by atoms with E-state index in [4.69, 9.17) is 0 Å². The Hall–Kier alpha value is -1.21. The molecule has 1 aromatic heterocycles. The number of aliphatic hydroxyl groups is 1. The Morgan fingerprint density at radius 1 is 1.35 bits per heavy atom. The third-order valence-corrected chi connectivity index (χ3v) is 5.62. The van der Waals surface area contributed by atoms with Crippen molar-refractivity contribution >= 4 is 21.4 Å². The van der Waals surface area contributed by atoms with Crippen LogP contribution in [0.1, 0.15) is 29.7 Å². The molecule has 0 saturated heterocycles. The summed E-state index contributed by atoms with van der Waals surface area (Å²) in [4.78, 5) is 0.214. The maximum Gasteiger partial charge on any atom is 0.241 e. The van der Waals surface area contributed by atoms with Gasteiger partial charge in [0, 0.05) is 6.04 Å². The van der Waals surface area contributed by atoms with Crippen LogP contribution in [-0.2, 0) is 16.6 Å². The van der Waals surface area contributed by atoms with Gasteiger partial charge in [-0.2, -0.15) is 11.3 Å². The van der Waals surface area contributed by atoms with Crippen molar-refractivity contribution < 1.29 is 13.5 Å². The summed E-state index contributed by atoms with van der Waals surface area (Å²) < 4.78 is 27.5. The van der Waals surface area contributed by atoms with E-state index in [9.17, 15) is 13.5 Å². The number of sulfonamides is 1. The highest BCUT2D eigenvalue weighted by Crippen LogP contribution is 2.22. The van der Waals surface area contributed by atoms with Gasteiger partial charge in [0.2, 0.25) is 10.0 Å². The Morgan fingerprint density at radius 2 is 2.10 bits per heavy atom. The van der Waals surface area contributed by atoms with E-state index in [0.29, 0.717) is 11.1 Å². The molecule has 108 valence electrons. The van der Waals surface area contributed by atoms with E-state index >= 15 is 0 Å². The lowest BCUT2D eigenvalue weighted by atomic mass is 10.1. The second-order valence-electron chi connectivity index (χ2n) is 4.60. The number of rotatable bonds is 5. The van der Waals surface area contributed by atoms with Crippen LogP contribution in [-0.4, -0.2) is 13.5 Å². The first-order chi connectivity index (χ1) is 9.45. The van der Waals surface area contributed by atoms with Gasteiger partial charge in [0.05, 0.1) is 11.5 Å². The number of nitrogens with one attached hydrogen (secondary N) is 1. The van der Waals surface area contributed by atoms with Gasteiger partial charge < -0.3 is 5.11 Å². The Morgan fingerprint density at radius 3 is 2.70 bits per heavy atom. The quantitative estimate of drug-likeness (QED) is 0.892. The second kappa shape index (κ2) is 6.05. The normalized spacial score (nSPS) is 13.3. The molecule has 0 aliphatic rings. The molecule has 0 spiro atoms. The van der Waals surface area contributed by atoms with Crippen molar-refractivity contribution in [3.63, 3.8) is 0 Å². The summed E-state index contributed by atoms with van der Waals surface area (Å²) in [7, 11) is -3.61. The number of benzene rings is 1. The number of thiophene rings is 1. The third-order valence-electron chi connectivity index (χ3n) is 3.23. The molecule has 2 rings (SSSR count). The molecule has 0 aliphatic carbocycles. The third kappa shape index (κ3) is 3.09. The highest BCUT2D eigenvalue weighted by Gasteiger charge is 2.21. The highest BCUT2D eigenvalue weighted by atomic mass is 32.2. The average Bonchev–Trinajstić information content (AvgIpc) is 2.92. The van der Waals surface area contributed by atoms with Crippen LogP contribution in [0.25, 0.3) is 0 Å². The van der Waals surface area contributed by atoms with E-state index in [1.165, 1.54) is 11.3 Å². The van der Waals surface area contributed by atoms with Gasteiger partial charge in [-0.1, -0.05) is 12.1 Å². The van der Waals surface area contributed by atoms with Crippen molar-refractivity contribution in [2.45, 2.75) is 31.4 Å². The predicted octanol–water partition coefficient (Wildman–Crippen LogP) is 2.59. The zero-order valence-electron chi connectivity index (χ0n) is 11.3. The molecule has 0 fully saturated rings. The summed E-state index contributed by atoms with van der Waals surface area (Å²) in [6, 6.07) is 6.52. The van der Waals surface area contributed by atoms with E-state index in [2.05, 4.69) is 4.72 Å². The van der Waals surface area contributed by atoms with Crippen molar-refractivity contribution in [1.82, 2.24) is 4.72 Å². The first-order valence-corrected chi connectivity index (χ1v) is 8.62. The molecule has 4 nitrogen and oxygen atoms in total. The maximum absolute atomic E-state index is 12.4. The van der Waals surface area contributed by atoms with Crippen molar-refractivity contribution in [1.29, 1.82) is 0 Å². The van der Waals surface area contributed by atoms with Gasteiger partial charge >= 0.3 is 0 Å². The lowest BCUT2D eigenvalue weighted by molar-refractivity contribution is 0.280. The molecular formula is C14H17NO3S2. The van der Waals surface area contributed by atoms with Crippen LogP contribution in [0.15, 0.2) is 39.9 Å². The fourth-order valence-electron chi connectivity index (χ4n) is 2.01. The van der Waals surface area contributed by atoms with Gasteiger partial charge in [-0.3, -0.25) is 0 Å². The molecule has 2 aromatic rings. The van der Waals surface area contributed by atoms with Crippen LogP contribution in [0.5, 0.6) is 0 Å². The Kier molecular flexibility index (Phi) is 4.59. The average molecular weight is 311 g/mol. The summed E-state index contributed by atoms with van der Waals surface area (Å²) in [5, 5.41) is 13.1. The van der Waals surface area contributed by atoms with Crippen molar-refractivity contribution in [2.75, 3.05) is 0 Å². The fraction of sp³-hybridized carbons (Fsp3) is 0.286. The molecule has 2 N–H and O–H groups in total. The maximum atomic E-state index is 12.4. The summed E-state index contributed by atoms with van der Waals surface area (Å²) in [6.07, 6.45) is 0. The van der Waals surface area contributed by atoms with E-state index in [0.717, 1.165) is 5.56 Å². The summed E-state index contributed by atoms with van der Waals surface area (Å²) in [6.45, 7) is 3.34. The van der Waals surface area contributed by atoms with Crippen LogP contribution in [0.3, 0.4) is 0 Å². The van der Waals surface area contributed by atoms with Crippen molar-refractivity contribution in [2.24, 2.45) is 0 Å². The first kappa shape index (κ1) is 15.2. The molecule has 1 unspecified atom stereocenters. The van der Waals surface area contributed by atoms with Crippen LogP contribution in [0.4, 0.5) is 0 Å². The number of aliphatic hydroxyl groups excluding tert-OH is 1. The molecule has 1 aromatic carbocycles. The summed E-state index contributed by atoms with van der Waals surface area (Å²) in [5.41, 5.74) is 2.14. The molecule has 1 atom stereocenters. The Labute approximate surface area is 123 Å². The number of hydrogen-bond donors (Lipinski definition) is 2. The minimum absolute atomic E-state index is 0.171. The van der Waals surface area contributed by atoms with Crippen LogP contribution >= 0.6 is 11.3 Å². The summed E-state index contributed by atoms with van der Waals surface area (Å²) >= 11 is 1.53. The van der Waals surface area contributed by atoms with Gasteiger partial charge in [-0.25, -0.2) is 13.1 Å². The molecule has 0 aliphatic heterocycles. The van der Waals surface area contributed by atoms with Crippen LogP contribution < -0.4 is 4.72 Å². The van der Waals surface area contributed by atoms with Crippen LogP contribution in [0.2, 0.25) is 0 Å². The van der Waals surface area contributed by atoms with E-state index in [-0.39, 0.29) is 17.5 Å². The molecule has 6 heteroatoms. The molecule has 0 bridgehead atoms.